The molecule has 0 heterocycles. The molecule has 0 amide bonds. The van der Waals surface area contributed by atoms with E-state index < -0.39 is 0 Å². The highest BCUT2D eigenvalue weighted by Crippen LogP contribution is 2.17. The number of rotatable bonds is 2. The smallest absolute Gasteiger partial charge is 0.162 e. The quantitative estimate of drug-likeness (QED) is 0.714. The van der Waals surface area contributed by atoms with Crippen molar-refractivity contribution in [2.45, 2.75) is 13.3 Å². The Morgan fingerprint density at radius 2 is 2.00 bits per heavy atom. The SMILES string of the molecule is Cc1ccccc1CC1C=CC=CC1=O. The van der Waals surface area contributed by atoms with E-state index in [1.807, 2.05) is 24.3 Å². The number of aryl methyl sites for hydroxylation is 1. The first-order valence-electron chi connectivity index (χ1n) is 5.20. The normalized spacial score (nSPS) is 19.5. The number of carbonyl (C=O) groups excluding carboxylic acids is 1. The lowest BCUT2D eigenvalue weighted by Crippen LogP contribution is -2.14. The lowest BCUT2D eigenvalue weighted by molar-refractivity contribution is -0.117. The predicted octanol–water partition coefficient (Wildman–Crippen LogP) is 2.85. The topological polar surface area (TPSA) is 17.1 Å². The Labute approximate surface area is 90.1 Å². The van der Waals surface area contributed by atoms with E-state index in [9.17, 15) is 4.79 Å². The molecule has 0 N–H and O–H groups in total. The summed E-state index contributed by atoms with van der Waals surface area (Å²) in [6.07, 6.45) is 8.20. The lowest BCUT2D eigenvalue weighted by atomic mass is 9.90. The van der Waals surface area contributed by atoms with Gasteiger partial charge in [-0.15, -0.1) is 0 Å². The van der Waals surface area contributed by atoms with Crippen molar-refractivity contribution in [1.82, 2.24) is 0 Å². The first kappa shape index (κ1) is 9.91. The van der Waals surface area contributed by atoms with Gasteiger partial charge in [-0.3, -0.25) is 4.79 Å². The van der Waals surface area contributed by atoms with Crippen LogP contribution in [0.3, 0.4) is 0 Å². The average Bonchev–Trinajstić information content (AvgIpc) is 2.24. The Hall–Kier alpha value is -1.63. The maximum atomic E-state index is 11.6. The molecule has 0 saturated carbocycles. The van der Waals surface area contributed by atoms with Crippen LogP contribution in [0.4, 0.5) is 0 Å². The Kier molecular flexibility index (Phi) is 2.82. The zero-order valence-electron chi connectivity index (χ0n) is 8.81. The number of hydrogen-bond donors (Lipinski definition) is 0. The van der Waals surface area contributed by atoms with Crippen LogP contribution < -0.4 is 0 Å². The number of benzene rings is 1. The van der Waals surface area contributed by atoms with Gasteiger partial charge in [0, 0.05) is 5.92 Å². The van der Waals surface area contributed by atoms with Crippen molar-refractivity contribution in [1.29, 1.82) is 0 Å². The number of hydrogen-bond acceptors (Lipinski definition) is 1. The molecule has 1 heteroatoms. The van der Waals surface area contributed by atoms with Gasteiger partial charge in [0.25, 0.3) is 0 Å². The Bertz CT molecular complexity index is 427. The fourth-order valence-electron chi connectivity index (χ4n) is 1.81. The van der Waals surface area contributed by atoms with Crippen LogP contribution in [0, 0.1) is 12.8 Å². The minimum atomic E-state index is 0.0242. The number of carbonyl (C=O) groups is 1. The predicted molar refractivity (Wildman–Crippen MR) is 61.7 cm³/mol. The highest BCUT2D eigenvalue weighted by atomic mass is 16.1. The molecule has 0 aromatic heterocycles. The molecule has 15 heavy (non-hydrogen) atoms. The standard InChI is InChI=1S/C14H14O/c1-11-6-2-3-7-12(11)10-13-8-4-5-9-14(13)15/h2-9,13H,10H2,1H3. The molecule has 0 aliphatic heterocycles. The molecule has 76 valence electrons. The minimum absolute atomic E-state index is 0.0242. The van der Waals surface area contributed by atoms with Crippen LogP contribution in [-0.4, -0.2) is 5.78 Å². The molecule has 1 aromatic rings. The second-order valence-corrected chi connectivity index (χ2v) is 3.88. The first-order chi connectivity index (χ1) is 7.27. The molecule has 0 bridgehead atoms. The summed E-state index contributed by atoms with van der Waals surface area (Å²) >= 11 is 0. The van der Waals surface area contributed by atoms with Crippen LogP contribution in [0.25, 0.3) is 0 Å². The Morgan fingerprint density at radius 1 is 1.20 bits per heavy atom. The summed E-state index contributed by atoms with van der Waals surface area (Å²) in [7, 11) is 0. The molecule has 2 rings (SSSR count). The second-order valence-electron chi connectivity index (χ2n) is 3.88. The van der Waals surface area contributed by atoms with E-state index in [0.717, 1.165) is 6.42 Å². The van der Waals surface area contributed by atoms with Gasteiger partial charge in [0.05, 0.1) is 0 Å². The summed E-state index contributed by atoms with van der Waals surface area (Å²) < 4.78 is 0. The average molecular weight is 198 g/mol. The largest absolute Gasteiger partial charge is 0.294 e. The van der Waals surface area contributed by atoms with E-state index >= 15 is 0 Å². The van der Waals surface area contributed by atoms with Crippen molar-refractivity contribution >= 4 is 5.78 Å². The molecule has 0 radical (unpaired) electrons. The van der Waals surface area contributed by atoms with E-state index in [4.69, 9.17) is 0 Å². The molecule has 0 spiro atoms. The highest BCUT2D eigenvalue weighted by Gasteiger charge is 2.15. The molecule has 1 nitrogen and oxygen atoms in total. The molecule has 0 fully saturated rings. The van der Waals surface area contributed by atoms with Crippen molar-refractivity contribution in [3.63, 3.8) is 0 Å². The van der Waals surface area contributed by atoms with Crippen LogP contribution in [0.15, 0.2) is 48.6 Å². The van der Waals surface area contributed by atoms with Crippen LogP contribution in [0.2, 0.25) is 0 Å². The fourth-order valence-corrected chi connectivity index (χ4v) is 1.81. The van der Waals surface area contributed by atoms with E-state index in [1.54, 1.807) is 12.2 Å². The van der Waals surface area contributed by atoms with Gasteiger partial charge in [0.2, 0.25) is 0 Å². The van der Waals surface area contributed by atoms with Crippen molar-refractivity contribution in [2.75, 3.05) is 0 Å². The van der Waals surface area contributed by atoms with Crippen molar-refractivity contribution in [3.05, 3.63) is 59.7 Å². The first-order valence-corrected chi connectivity index (χ1v) is 5.20. The van der Waals surface area contributed by atoms with E-state index in [0.29, 0.717) is 0 Å². The van der Waals surface area contributed by atoms with E-state index in [1.165, 1.54) is 11.1 Å². The summed E-state index contributed by atoms with van der Waals surface area (Å²) in [6, 6.07) is 8.23. The summed E-state index contributed by atoms with van der Waals surface area (Å²) in [6.45, 7) is 2.09. The highest BCUT2D eigenvalue weighted by molar-refractivity contribution is 5.94. The summed E-state index contributed by atoms with van der Waals surface area (Å²) in [5.74, 6) is 0.233. The third kappa shape index (κ3) is 2.24. The third-order valence-corrected chi connectivity index (χ3v) is 2.78. The zero-order chi connectivity index (χ0) is 10.7. The van der Waals surface area contributed by atoms with Gasteiger partial charge >= 0.3 is 0 Å². The van der Waals surface area contributed by atoms with Gasteiger partial charge in [-0.25, -0.2) is 0 Å². The Morgan fingerprint density at radius 3 is 2.73 bits per heavy atom. The molecular formula is C14H14O. The van der Waals surface area contributed by atoms with Gasteiger partial charge < -0.3 is 0 Å². The van der Waals surface area contributed by atoms with E-state index in [-0.39, 0.29) is 11.7 Å². The second kappa shape index (κ2) is 4.26. The van der Waals surface area contributed by atoms with Crippen molar-refractivity contribution in [3.8, 4) is 0 Å². The summed E-state index contributed by atoms with van der Waals surface area (Å²) in [5.41, 5.74) is 2.52. The molecular weight excluding hydrogens is 184 g/mol. The maximum Gasteiger partial charge on any atom is 0.162 e. The lowest BCUT2D eigenvalue weighted by Gasteiger charge is -2.13. The molecule has 1 aliphatic carbocycles. The van der Waals surface area contributed by atoms with Crippen LogP contribution in [0.5, 0.6) is 0 Å². The van der Waals surface area contributed by atoms with Gasteiger partial charge in [0.15, 0.2) is 5.78 Å². The number of ketones is 1. The summed E-state index contributed by atoms with van der Waals surface area (Å²) in [5, 5.41) is 0. The van der Waals surface area contributed by atoms with Crippen LogP contribution in [-0.2, 0) is 11.2 Å². The third-order valence-electron chi connectivity index (χ3n) is 2.78. The molecule has 1 aliphatic rings. The minimum Gasteiger partial charge on any atom is -0.294 e. The van der Waals surface area contributed by atoms with Crippen molar-refractivity contribution in [2.24, 2.45) is 5.92 Å². The molecule has 1 atom stereocenters. The molecule has 0 saturated heterocycles. The summed E-state index contributed by atoms with van der Waals surface area (Å²) in [4.78, 5) is 11.6. The fraction of sp³-hybridized carbons (Fsp3) is 0.214. The zero-order valence-corrected chi connectivity index (χ0v) is 8.81. The van der Waals surface area contributed by atoms with E-state index in [2.05, 4.69) is 19.1 Å². The molecule has 1 unspecified atom stereocenters. The van der Waals surface area contributed by atoms with Crippen LogP contribution in [0.1, 0.15) is 11.1 Å². The van der Waals surface area contributed by atoms with Crippen molar-refractivity contribution < 1.29 is 4.79 Å². The van der Waals surface area contributed by atoms with Gasteiger partial charge in [0.1, 0.15) is 0 Å². The monoisotopic (exact) mass is 198 g/mol. The van der Waals surface area contributed by atoms with Crippen LogP contribution >= 0.6 is 0 Å². The van der Waals surface area contributed by atoms with Gasteiger partial charge in [-0.1, -0.05) is 42.5 Å². The van der Waals surface area contributed by atoms with Gasteiger partial charge in [-0.2, -0.15) is 0 Å². The number of allylic oxidation sites excluding steroid dienone is 4. The molecule has 1 aromatic carbocycles. The Balaban J connectivity index is 2.16. The van der Waals surface area contributed by atoms with Gasteiger partial charge in [-0.05, 0) is 30.5 Å². The maximum absolute atomic E-state index is 11.6.